The monoisotopic (exact) mass is 341 g/mol. The predicted molar refractivity (Wildman–Crippen MR) is 109 cm³/mol. The molecule has 3 heteroatoms. The van der Waals surface area contributed by atoms with E-state index < -0.39 is 7.26 Å². The average Bonchev–Trinajstić information content (AvgIpc) is 3.05. The van der Waals surface area contributed by atoms with Crippen LogP contribution < -0.4 is 0 Å². The third-order valence-electron chi connectivity index (χ3n) is 4.58. The third-order valence-corrected chi connectivity index (χ3v) is 9.64. The van der Waals surface area contributed by atoms with E-state index in [0.717, 1.165) is 5.82 Å². The number of aryl methyl sites for hydroxylation is 1. The topological polar surface area (TPSA) is 28.7 Å². The molecule has 0 atom stereocenters. The fourth-order valence-electron chi connectivity index (χ4n) is 2.99. The van der Waals surface area contributed by atoms with Gasteiger partial charge in [0.2, 0.25) is 0 Å². The molecule has 0 bridgehead atoms. The highest BCUT2D eigenvalue weighted by atomic mass is 31.2. The minimum atomic E-state index is -0.562. The van der Waals surface area contributed by atoms with Crippen molar-refractivity contribution in [1.29, 1.82) is 0 Å². The maximum Gasteiger partial charge on any atom is 0.102 e. The first-order valence-corrected chi connectivity index (χ1v) is 12.5. The van der Waals surface area contributed by atoms with Gasteiger partial charge in [0.05, 0.1) is 24.6 Å². The number of aromatic nitrogens is 2. The molecule has 2 nitrogen and oxygen atoms in total. The van der Waals surface area contributed by atoms with Gasteiger partial charge in [0.25, 0.3) is 0 Å². The van der Waals surface area contributed by atoms with Crippen LogP contribution >= 0.6 is 7.26 Å². The number of hydrogen-bond acceptors (Lipinski definition) is 1. The zero-order valence-electron chi connectivity index (χ0n) is 16.5. The van der Waals surface area contributed by atoms with E-state index in [2.05, 4.69) is 37.7 Å². The smallest absolute Gasteiger partial charge is 0.102 e. The zero-order valence-corrected chi connectivity index (χ0v) is 17.4. The molecule has 1 heterocycles. The summed E-state index contributed by atoms with van der Waals surface area (Å²) in [7, 11) is -0.562. The van der Waals surface area contributed by atoms with Gasteiger partial charge in [-0.2, -0.15) is 0 Å². The quantitative estimate of drug-likeness (QED) is 0.410. The summed E-state index contributed by atoms with van der Waals surface area (Å²) in [5, 5.41) is 0. The minimum Gasteiger partial charge on any atom is -0.349 e. The molecule has 0 aliphatic heterocycles. The maximum absolute atomic E-state index is 3.86. The van der Waals surface area contributed by atoms with Gasteiger partial charge in [-0.15, -0.1) is 0 Å². The molecule has 0 unspecified atom stereocenters. The summed E-state index contributed by atoms with van der Waals surface area (Å²) in [6, 6.07) is 0. The Morgan fingerprint density at radius 3 is 1.35 bits per heavy atom. The fraction of sp³-hybridized carbons (Fsp3) is 0.850. The Hall–Kier alpha value is -0.360. The molecule has 0 aliphatic carbocycles. The third kappa shape index (κ3) is 11.8. The second-order valence-corrected chi connectivity index (χ2v) is 11.3. The van der Waals surface area contributed by atoms with Crippen molar-refractivity contribution in [3.05, 3.63) is 18.2 Å². The molecule has 1 rings (SSSR count). The van der Waals surface area contributed by atoms with Gasteiger partial charge >= 0.3 is 0 Å². The number of unbranched alkanes of at least 4 members (excludes halogenated alkanes) is 4. The Morgan fingerprint density at radius 2 is 1.17 bits per heavy atom. The number of rotatable bonds is 12. The lowest BCUT2D eigenvalue weighted by molar-refractivity contribution is 0.814. The van der Waals surface area contributed by atoms with Gasteiger partial charge in [0.1, 0.15) is 5.82 Å². The Labute approximate surface area is 146 Å². The second-order valence-electron chi connectivity index (χ2n) is 6.82. The van der Waals surface area contributed by atoms with Gasteiger partial charge in [-0.25, -0.2) is 4.98 Å². The highest BCUT2D eigenvalue weighted by Gasteiger charge is 2.34. The van der Waals surface area contributed by atoms with Crippen molar-refractivity contribution in [2.75, 3.05) is 24.6 Å². The summed E-state index contributed by atoms with van der Waals surface area (Å²) >= 11 is 0. The Morgan fingerprint density at radius 1 is 0.783 bits per heavy atom. The summed E-state index contributed by atoms with van der Waals surface area (Å²) < 4.78 is 0. The van der Waals surface area contributed by atoms with Crippen LogP contribution in [0.5, 0.6) is 0 Å². The summed E-state index contributed by atoms with van der Waals surface area (Å²) in [5.41, 5.74) is 0. The number of aromatic amines is 1. The lowest BCUT2D eigenvalue weighted by Crippen LogP contribution is -2.12. The predicted octanol–water partition coefficient (Wildman–Crippen LogP) is 6.92. The summed E-state index contributed by atoms with van der Waals surface area (Å²) in [6.45, 7) is 11.3. The van der Waals surface area contributed by atoms with E-state index in [-0.39, 0.29) is 0 Å². The molecule has 0 saturated carbocycles. The molecular formula is C20H42N2P+. The maximum atomic E-state index is 3.86. The Kier molecular flexibility index (Phi) is 14.9. The highest BCUT2D eigenvalue weighted by molar-refractivity contribution is 7.75. The largest absolute Gasteiger partial charge is 0.349 e. The first-order chi connectivity index (χ1) is 11.1. The Bertz CT molecular complexity index is 298. The number of imidazole rings is 1. The number of H-pyrrole nitrogens is 1. The van der Waals surface area contributed by atoms with Crippen LogP contribution in [-0.2, 0) is 0 Å². The Balaban J connectivity index is 0.000000664. The van der Waals surface area contributed by atoms with E-state index in [1.165, 1.54) is 51.4 Å². The van der Waals surface area contributed by atoms with Crippen molar-refractivity contribution < 1.29 is 0 Å². The van der Waals surface area contributed by atoms with E-state index in [9.17, 15) is 0 Å². The van der Waals surface area contributed by atoms with E-state index in [1.54, 1.807) is 37.0 Å². The molecule has 0 saturated heterocycles. The van der Waals surface area contributed by atoms with Gasteiger partial charge < -0.3 is 4.98 Å². The van der Waals surface area contributed by atoms with Gasteiger partial charge in [0, 0.05) is 19.7 Å². The number of nitrogens with one attached hydrogen (secondary N) is 1. The molecule has 0 aromatic carbocycles. The molecule has 1 aromatic heterocycles. The summed E-state index contributed by atoms with van der Waals surface area (Å²) in [5.74, 6) is 0.968. The molecule has 0 spiro atoms. The molecule has 23 heavy (non-hydrogen) atoms. The van der Waals surface area contributed by atoms with E-state index >= 15 is 0 Å². The molecule has 1 aromatic rings. The van der Waals surface area contributed by atoms with Crippen LogP contribution in [0.1, 0.15) is 84.9 Å². The van der Waals surface area contributed by atoms with Crippen molar-refractivity contribution >= 4 is 7.26 Å². The standard InChI is InChI=1S/C16H36P.C4H6N2/c1-5-9-13-17(14-10-6-2,15-11-7-3)16-12-8-4;1-4-5-2-3-6-4/h5-16H2,1-4H3;2-3H,1H3,(H,5,6)/q+1;. The van der Waals surface area contributed by atoms with Gasteiger partial charge in [-0.05, 0) is 32.6 Å². The van der Waals surface area contributed by atoms with Crippen LogP contribution in [0.25, 0.3) is 0 Å². The highest BCUT2D eigenvalue weighted by Crippen LogP contribution is 2.61. The zero-order chi connectivity index (χ0) is 17.4. The number of hydrogen-bond donors (Lipinski definition) is 1. The van der Waals surface area contributed by atoms with Crippen molar-refractivity contribution in [2.24, 2.45) is 0 Å². The average molecular weight is 342 g/mol. The van der Waals surface area contributed by atoms with Gasteiger partial charge in [0.15, 0.2) is 0 Å². The summed E-state index contributed by atoms with van der Waals surface area (Å²) in [6.07, 6.45) is 21.5. The second kappa shape index (κ2) is 15.2. The van der Waals surface area contributed by atoms with Crippen LogP contribution in [0.15, 0.2) is 12.4 Å². The van der Waals surface area contributed by atoms with Crippen molar-refractivity contribution in [3.63, 3.8) is 0 Å². The molecular weight excluding hydrogens is 299 g/mol. The fourth-order valence-corrected chi connectivity index (χ4v) is 8.28. The van der Waals surface area contributed by atoms with E-state index in [0.29, 0.717) is 0 Å². The van der Waals surface area contributed by atoms with Crippen molar-refractivity contribution in [2.45, 2.75) is 86.0 Å². The first-order valence-electron chi connectivity index (χ1n) is 9.95. The molecule has 136 valence electrons. The molecule has 0 radical (unpaired) electrons. The van der Waals surface area contributed by atoms with Crippen LogP contribution in [0.2, 0.25) is 0 Å². The van der Waals surface area contributed by atoms with Crippen LogP contribution in [0, 0.1) is 6.92 Å². The van der Waals surface area contributed by atoms with E-state index in [1.807, 2.05) is 6.92 Å². The molecule has 1 N–H and O–H groups in total. The minimum absolute atomic E-state index is 0.562. The lowest BCUT2D eigenvalue weighted by Gasteiger charge is -2.28. The SMILES string of the molecule is CCCC[P+](CCCC)(CCCC)CCCC.Cc1ncc[nH]1. The summed E-state index contributed by atoms with van der Waals surface area (Å²) in [4.78, 5) is 6.75. The molecule has 0 amide bonds. The van der Waals surface area contributed by atoms with Crippen LogP contribution in [0.4, 0.5) is 0 Å². The van der Waals surface area contributed by atoms with Crippen molar-refractivity contribution in [1.82, 2.24) is 9.97 Å². The number of nitrogens with zero attached hydrogens (tertiary/aromatic N) is 1. The van der Waals surface area contributed by atoms with E-state index in [4.69, 9.17) is 0 Å². The van der Waals surface area contributed by atoms with Gasteiger partial charge in [-0.3, -0.25) is 0 Å². The molecule has 0 fully saturated rings. The normalized spacial score (nSPS) is 11.2. The van der Waals surface area contributed by atoms with Crippen LogP contribution in [-0.4, -0.2) is 34.6 Å². The van der Waals surface area contributed by atoms with Crippen molar-refractivity contribution in [3.8, 4) is 0 Å². The molecule has 0 aliphatic rings. The first kappa shape index (κ1) is 22.6. The van der Waals surface area contributed by atoms with Crippen LogP contribution in [0.3, 0.4) is 0 Å². The lowest BCUT2D eigenvalue weighted by atomic mass is 10.4. The van der Waals surface area contributed by atoms with Gasteiger partial charge in [-0.1, -0.05) is 53.4 Å².